The van der Waals surface area contributed by atoms with Gasteiger partial charge in [-0.1, -0.05) is 62.4 Å². The zero-order valence-electron chi connectivity index (χ0n) is 24.2. The highest BCUT2D eigenvalue weighted by atomic mass is 32.2. The quantitative estimate of drug-likeness (QED) is 0.349. The molecule has 0 saturated carbocycles. The van der Waals surface area contributed by atoms with Crippen molar-refractivity contribution in [1.29, 1.82) is 0 Å². The van der Waals surface area contributed by atoms with Crippen LogP contribution in [0.4, 0.5) is 5.69 Å². The number of nitrogens with zero attached hydrogens (tertiary/aromatic N) is 3. The number of anilines is 1. The minimum absolute atomic E-state index is 0.0344. The van der Waals surface area contributed by atoms with E-state index in [9.17, 15) is 9.00 Å². The Morgan fingerprint density at radius 2 is 1.88 bits per heavy atom. The fourth-order valence-electron chi connectivity index (χ4n) is 5.25. The molecule has 0 bridgehead atoms. The van der Waals surface area contributed by atoms with Gasteiger partial charge < -0.3 is 9.80 Å². The van der Waals surface area contributed by atoms with Crippen LogP contribution in [0.1, 0.15) is 61.4 Å². The van der Waals surface area contributed by atoms with Crippen LogP contribution < -0.4 is 9.62 Å². The first kappa shape index (κ1) is 29.7. The van der Waals surface area contributed by atoms with Gasteiger partial charge in [0.15, 0.2) is 0 Å². The summed E-state index contributed by atoms with van der Waals surface area (Å²) in [6, 6.07) is 24.3. The maximum atomic E-state index is 13.6. The summed E-state index contributed by atoms with van der Waals surface area (Å²) in [4.78, 5) is 23.1. The van der Waals surface area contributed by atoms with Crippen molar-refractivity contribution in [1.82, 2.24) is 9.62 Å². The van der Waals surface area contributed by atoms with E-state index >= 15 is 0 Å². The van der Waals surface area contributed by atoms with Gasteiger partial charge in [-0.3, -0.25) is 9.79 Å². The Hall–Kier alpha value is -3.29. The first-order valence-electron chi connectivity index (χ1n) is 14.4. The van der Waals surface area contributed by atoms with E-state index < -0.39 is 11.0 Å². The summed E-state index contributed by atoms with van der Waals surface area (Å²) < 4.78 is 16.6. The predicted octanol–water partition coefficient (Wildman–Crippen LogP) is 6.02. The van der Waals surface area contributed by atoms with Crippen molar-refractivity contribution in [3.8, 4) is 0 Å². The molecule has 1 amide bonds. The highest BCUT2D eigenvalue weighted by Crippen LogP contribution is 2.34. The number of amidine groups is 1. The molecule has 3 aromatic carbocycles. The monoisotopic (exact) mass is 558 g/mol. The Kier molecular flexibility index (Phi) is 10.7. The second-order valence-corrected chi connectivity index (χ2v) is 11.5. The number of rotatable bonds is 9. The Labute approximate surface area is 242 Å². The molecule has 0 aromatic heterocycles. The summed E-state index contributed by atoms with van der Waals surface area (Å²) in [7, 11) is 0.720. The van der Waals surface area contributed by atoms with Crippen LogP contribution in [0.25, 0.3) is 0 Å². The molecular weight excluding hydrogens is 516 g/mol. The van der Waals surface area contributed by atoms with Crippen LogP contribution in [0, 0.1) is 6.92 Å². The van der Waals surface area contributed by atoms with Gasteiger partial charge in [-0.25, -0.2) is 8.93 Å². The summed E-state index contributed by atoms with van der Waals surface area (Å²) >= 11 is 0. The fraction of sp³-hybridized carbons (Fsp3) is 0.394. The van der Waals surface area contributed by atoms with Gasteiger partial charge in [0.05, 0.1) is 18.0 Å². The van der Waals surface area contributed by atoms with Crippen molar-refractivity contribution in [3.63, 3.8) is 0 Å². The number of aliphatic imine (C=N–C) groups is 1. The summed E-state index contributed by atoms with van der Waals surface area (Å²) in [5.74, 6) is 1.02. The van der Waals surface area contributed by atoms with Crippen LogP contribution in [0.5, 0.6) is 0 Å². The maximum Gasteiger partial charge on any atom is 0.227 e. The molecule has 6 nitrogen and oxygen atoms in total. The molecule has 212 valence electrons. The van der Waals surface area contributed by atoms with Gasteiger partial charge in [0.25, 0.3) is 0 Å². The Morgan fingerprint density at radius 1 is 1.07 bits per heavy atom. The summed E-state index contributed by atoms with van der Waals surface area (Å²) in [5, 5.41) is 0. The lowest BCUT2D eigenvalue weighted by Crippen LogP contribution is -2.40. The highest BCUT2D eigenvalue weighted by Gasteiger charge is 2.26. The number of aryl methyl sites for hydroxylation is 3. The number of benzene rings is 3. The molecule has 40 heavy (non-hydrogen) atoms. The number of amides is 1. The second kappa shape index (κ2) is 14.4. The predicted molar refractivity (Wildman–Crippen MR) is 166 cm³/mol. The lowest BCUT2D eigenvalue weighted by Gasteiger charge is -2.30. The van der Waals surface area contributed by atoms with Crippen LogP contribution in [-0.4, -0.2) is 47.5 Å². The number of likely N-dealkylation sites (N-methyl/N-ethyl adjacent to an activating group) is 1. The molecule has 0 fully saturated rings. The molecule has 0 radical (unpaired) electrons. The van der Waals surface area contributed by atoms with E-state index in [1.165, 1.54) is 5.56 Å². The fourth-order valence-corrected chi connectivity index (χ4v) is 6.38. The van der Waals surface area contributed by atoms with Crippen LogP contribution in [-0.2, 0) is 28.6 Å². The minimum atomic E-state index is -1.31. The third kappa shape index (κ3) is 7.46. The molecule has 1 heterocycles. The lowest BCUT2D eigenvalue weighted by atomic mass is 9.87. The number of fused-ring (bicyclic) bond motifs is 1. The van der Waals surface area contributed by atoms with Crippen LogP contribution in [0.15, 0.2) is 82.7 Å². The van der Waals surface area contributed by atoms with Crippen molar-refractivity contribution in [3.05, 3.63) is 95.1 Å². The van der Waals surface area contributed by atoms with Crippen LogP contribution in [0.2, 0.25) is 0 Å². The molecule has 1 aliphatic carbocycles. The van der Waals surface area contributed by atoms with Gasteiger partial charge in [-0.15, -0.1) is 0 Å². The van der Waals surface area contributed by atoms with Gasteiger partial charge in [0.2, 0.25) is 5.91 Å². The van der Waals surface area contributed by atoms with Crippen LogP contribution in [0.3, 0.4) is 0 Å². The van der Waals surface area contributed by atoms with Gasteiger partial charge in [-0.2, -0.15) is 0 Å². The lowest BCUT2D eigenvalue weighted by molar-refractivity contribution is -0.118. The van der Waals surface area contributed by atoms with Gasteiger partial charge in [-0.05, 0) is 79.1 Å². The zero-order valence-corrected chi connectivity index (χ0v) is 25.0. The summed E-state index contributed by atoms with van der Waals surface area (Å²) in [6.45, 7) is 8.11. The summed E-state index contributed by atoms with van der Waals surface area (Å²) in [6.07, 6.45) is 4.06. The van der Waals surface area contributed by atoms with Gasteiger partial charge >= 0.3 is 0 Å². The SMILES string of the molecule is CC.Cc1cccc(S(=O)NC2CCCc3ccc(N(CC4=NCCN4C)C(=O)CCc4ccccc4)cc32)c1. The molecule has 3 aromatic rings. The Morgan fingerprint density at radius 3 is 2.60 bits per heavy atom. The van der Waals surface area contributed by atoms with Crippen molar-refractivity contribution in [2.75, 3.05) is 31.6 Å². The molecule has 2 unspecified atom stereocenters. The molecule has 2 aliphatic rings. The Balaban J connectivity index is 0.00000181. The van der Waals surface area contributed by atoms with Crippen molar-refractivity contribution in [2.24, 2.45) is 4.99 Å². The zero-order chi connectivity index (χ0) is 28.5. The third-order valence-electron chi connectivity index (χ3n) is 7.45. The average molecular weight is 559 g/mol. The van der Waals surface area contributed by atoms with Gasteiger partial charge in [0, 0.05) is 31.7 Å². The van der Waals surface area contributed by atoms with E-state index in [-0.39, 0.29) is 11.9 Å². The van der Waals surface area contributed by atoms with Crippen molar-refractivity contribution in [2.45, 2.75) is 63.8 Å². The average Bonchev–Trinajstić information content (AvgIpc) is 3.40. The molecule has 2 atom stereocenters. The molecule has 5 rings (SSSR count). The molecule has 1 aliphatic heterocycles. The first-order chi connectivity index (χ1) is 19.5. The van der Waals surface area contributed by atoms with Crippen LogP contribution >= 0.6 is 0 Å². The van der Waals surface area contributed by atoms with Crippen molar-refractivity contribution >= 4 is 28.4 Å². The largest absolute Gasteiger partial charge is 0.360 e. The van der Waals surface area contributed by atoms with Gasteiger partial charge in [0.1, 0.15) is 16.8 Å². The van der Waals surface area contributed by atoms with E-state index in [1.54, 1.807) is 0 Å². The number of carbonyl (C=O) groups is 1. The summed E-state index contributed by atoms with van der Waals surface area (Å²) in [5.41, 5.74) is 5.51. The third-order valence-corrected chi connectivity index (χ3v) is 8.63. The van der Waals surface area contributed by atoms with Crippen molar-refractivity contribution < 1.29 is 9.00 Å². The Bertz CT molecular complexity index is 1340. The van der Waals surface area contributed by atoms with E-state index in [1.807, 2.05) is 75.2 Å². The maximum absolute atomic E-state index is 13.6. The number of carbonyl (C=O) groups excluding carboxylic acids is 1. The number of nitrogens with one attached hydrogen (secondary N) is 1. The minimum Gasteiger partial charge on any atom is -0.360 e. The van der Waals surface area contributed by atoms with E-state index in [0.717, 1.165) is 65.5 Å². The topological polar surface area (TPSA) is 65.0 Å². The molecule has 1 N–H and O–H groups in total. The number of hydrogen-bond donors (Lipinski definition) is 1. The first-order valence-corrected chi connectivity index (χ1v) is 15.6. The normalized spacial score (nSPS) is 16.9. The standard InChI is InChI=1S/C31H36N4O2S.C2H6/c1-23-8-6-12-27(20-23)38(37)33-29-13-7-11-25-15-16-26(21-28(25)29)35(22-30-32-18-19-34(30)2)31(36)17-14-24-9-4-3-5-10-24;1-2/h3-6,8-10,12,15-16,20-21,29,33H,7,11,13-14,17-19,22H2,1-2H3;1-2H3. The molecule has 0 saturated heterocycles. The molecular formula is C33H42N4O2S. The van der Waals surface area contributed by atoms with E-state index in [2.05, 4.69) is 44.9 Å². The molecule has 7 heteroatoms. The number of hydrogen-bond acceptors (Lipinski definition) is 4. The second-order valence-electron chi connectivity index (χ2n) is 10.2. The molecule has 0 spiro atoms. The van der Waals surface area contributed by atoms with E-state index in [0.29, 0.717) is 19.4 Å². The smallest absolute Gasteiger partial charge is 0.227 e. The van der Waals surface area contributed by atoms with E-state index in [4.69, 9.17) is 0 Å². The highest BCUT2D eigenvalue weighted by molar-refractivity contribution is 7.83.